The van der Waals surface area contributed by atoms with Crippen molar-refractivity contribution in [1.29, 1.82) is 0 Å². The van der Waals surface area contributed by atoms with Crippen molar-refractivity contribution in [3.63, 3.8) is 0 Å². The van der Waals surface area contributed by atoms with Gasteiger partial charge in [-0.25, -0.2) is 4.98 Å². The molecule has 2 aliphatic rings. The van der Waals surface area contributed by atoms with Gasteiger partial charge in [0.25, 0.3) is 0 Å². The zero-order valence-electron chi connectivity index (χ0n) is 14.6. The molecule has 2 aromatic heterocycles. The monoisotopic (exact) mass is 417 g/mol. The fraction of sp³-hybridized carbons (Fsp3) is 0.556. The number of likely N-dealkylation sites (tertiary alicyclic amines) is 1. The summed E-state index contributed by atoms with van der Waals surface area (Å²) in [5, 5.41) is 5.64. The number of hydrogen-bond donors (Lipinski definition) is 1. The molecular formula is C18H25Cl2N3O2S. The number of carbonyl (C=O) groups excluding carboxylic acids is 1. The Hall–Kier alpha value is -1.08. The SMILES string of the molecule is Cl.Cl.O=C(Cc1coc(-c2cccs2)n1)N1CCC(NCC2CC2)CC1. The number of halogens is 2. The first-order chi connectivity index (χ1) is 11.8. The zero-order chi connectivity index (χ0) is 16.4. The first-order valence-corrected chi connectivity index (χ1v) is 9.65. The molecule has 0 spiro atoms. The topological polar surface area (TPSA) is 58.4 Å². The molecule has 144 valence electrons. The van der Waals surface area contributed by atoms with E-state index in [-0.39, 0.29) is 30.7 Å². The average molecular weight is 418 g/mol. The summed E-state index contributed by atoms with van der Waals surface area (Å²) in [7, 11) is 0. The van der Waals surface area contributed by atoms with E-state index in [1.165, 1.54) is 12.8 Å². The van der Waals surface area contributed by atoms with E-state index in [1.807, 2.05) is 22.4 Å². The molecule has 3 heterocycles. The van der Waals surface area contributed by atoms with Gasteiger partial charge in [-0.1, -0.05) is 6.07 Å². The molecule has 5 nitrogen and oxygen atoms in total. The lowest BCUT2D eigenvalue weighted by molar-refractivity contribution is -0.131. The zero-order valence-corrected chi connectivity index (χ0v) is 17.0. The van der Waals surface area contributed by atoms with Crippen LogP contribution in [0.5, 0.6) is 0 Å². The number of thiophene rings is 1. The molecule has 1 N–H and O–H groups in total. The minimum absolute atomic E-state index is 0. The first-order valence-electron chi connectivity index (χ1n) is 8.77. The van der Waals surface area contributed by atoms with Gasteiger partial charge in [-0.2, -0.15) is 0 Å². The van der Waals surface area contributed by atoms with E-state index in [4.69, 9.17) is 4.42 Å². The van der Waals surface area contributed by atoms with E-state index in [0.29, 0.717) is 18.4 Å². The largest absolute Gasteiger partial charge is 0.444 e. The minimum atomic E-state index is 0. The lowest BCUT2D eigenvalue weighted by Gasteiger charge is -2.32. The maximum Gasteiger partial charge on any atom is 0.236 e. The molecule has 26 heavy (non-hydrogen) atoms. The van der Waals surface area contributed by atoms with Crippen molar-refractivity contribution < 1.29 is 9.21 Å². The summed E-state index contributed by atoms with van der Waals surface area (Å²) in [5.74, 6) is 1.67. The highest BCUT2D eigenvalue weighted by Crippen LogP contribution is 2.28. The maximum atomic E-state index is 12.5. The summed E-state index contributed by atoms with van der Waals surface area (Å²) in [6.07, 6.45) is 6.81. The molecule has 0 radical (unpaired) electrons. The normalized spacial score (nSPS) is 17.5. The number of oxazole rings is 1. The first kappa shape index (κ1) is 21.2. The minimum Gasteiger partial charge on any atom is -0.444 e. The van der Waals surface area contributed by atoms with Gasteiger partial charge in [0.1, 0.15) is 6.26 Å². The summed E-state index contributed by atoms with van der Waals surface area (Å²) in [6, 6.07) is 4.52. The molecule has 1 amide bonds. The van der Waals surface area contributed by atoms with Crippen molar-refractivity contribution in [2.24, 2.45) is 5.92 Å². The van der Waals surface area contributed by atoms with Crippen LogP contribution < -0.4 is 5.32 Å². The van der Waals surface area contributed by atoms with Crippen molar-refractivity contribution >= 4 is 42.1 Å². The Bertz CT molecular complexity index is 680. The second kappa shape index (κ2) is 9.74. The molecule has 0 bridgehead atoms. The predicted molar refractivity (Wildman–Crippen MR) is 108 cm³/mol. The highest BCUT2D eigenvalue weighted by molar-refractivity contribution is 7.13. The van der Waals surface area contributed by atoms with Gasteiger partial charge < -0.3 is 14.6 Å². The van der Waals surface area contributed by atoms with Crippen LogP contribution in [0.1, 0.15) is 31.4 Å². The summed E-state index contributed by atoms with van der Waals surface area (Å²) in [4.78, 5) is 19.9. The molecule has 0 atom stereocenters. The quantitative estimate of drug-likeness (QED) is 0.776. The van der Waals surface area contributed by atoms with E-state index < -0.39 is 0 Å². The third-order valence-corrected chi connectivity index (χ3v) is 5.71. The van der Waals surface area contributed by atoms with Gasteiger partial charge in [0.05, 0.1) is 17.0 Å². The highest BCUT2D eigenvalue weighted by atomic mass is 35.5. The number of nitrogens with zero attached hydrogens (tertiary/aromatic N) is 2. The summed E-state index contributed by atoms with van der Waals surface area (Å²) >= 11 is 1.59. The third-order valence-electron chi connectivity index (χ3n) is 4.86. The van der Waals surface area contributed by atoms with E-state index in [2.05, 4.69) is 10.3 Å². The van der Waals surface area contributed by atoms with Crippen LogP contribution in [0, 0.1) is 5.92 Å². The molecule has 0 aromatic carbocycles. The van der Waals surface area contributed by atoms with Gasteiger partial charge in [-0.05, 0) is 49.6 Å². The Labute approximate surface area is 170 Å². The smallest absolute Gasteiger partial charge is 0.236 e. The van der Waals surface area contributed by atoms with Gasteiger partial charge in [-0.3, -0.25) is 4.79 Å². The van der Waals surface area contributed by atoms with Crippen molar-refractivity contribution in [2.45, 2.75) is 38.1 Å². The number of piperidine rings is 1. The lowest BCUT2D eigenvalue weighted by Crippen LogP contribution is -2.45. The Morgan fingerprint density at radius 2 is 2.04 bits per heavy atom. The van der Waals surface area contributed by atoms with Crippen molar-refractivity contribution in [3.05, 3.63) is 29.5 Å². The Morgan fingerprint density at radius 3 is 2.69 bits per heavy atom. The van der Waals surface area contributed by atoms with Crippen molar-refractivity contribution in [2.75, 3.05) is 19.6 Å². The molecule has 1 saturated heterocycles. The van der Waals surface area contributed by atoms with Crippen LogP contribution in [-0.4, -0.2) is 41.5 Å². The summed E-state index contributed by atoms with van der Waals surface area (Å²) in [6.45, 7) is 2.84. The molecule has 1 saturated carbocycles. The van der Waals surface area contributed by atoms with Gasteiger partial charge in [0, 0.05) is 19.1 Å². The molecule has 2 fully saturated rings. The summed E-state index contributed by atoms with van der Waals surface area (Å²) in [5.41, 5.74) is 0.720. The van der Waals surface area contributed by atoms with Gasteiger partial charge in [0.2, 0.25) is 11.8 Å². The molecule has 2 aromatic rings. The number of hydrogen-bond acceptors (Lipinski definition) is 5. The predicted octanol–water partition coefficient (Wildman–Crippen LogP) is 3.78. The molecular weight excluding hydrogens is 393 g/mol. The van der Waals surface area contributed by atoms with E-state index in [0.717, 1.165) is 49.0 Å². The number of aromatic nitrogens is 1. The van der Waals surface area contributed by atoms with Crippen LogP contribution in [0.4, 0.5) is 0 Å². The van der Waals surface area contributed by atoms with E-state index in [9.17, 15) is 4.79 Å². The number of rotatable bonds is 6. The third kappa shape index (κ3) is 5.46. The molecule has 1 aliphatic carbocycles. The lowest BCUT2D eigenvalue weighted by atomic mass is 10.0. The van der Waals surface area contributed by atoms with Crippen LogP contribution in [0.2, 0.25) is 0 Å². The van der Waals surface area contributed by atoms with Gasteiger partial charge in [-0.15, -0.1) is 36.2 Å². The second-order valence-electron chi connectivity index (χ2n) is 6.80. The maximum absolute atomic E-state index is 12.5. The van der Waals surface area contributed by atoms with E-state index in [1.54, 1.807) is 17.6 Å². The van der Waals surface area contributed by atoms with Crippen molar-refractivity contribution in [3.8, 4) is 10.8 Å². The Balaban J connectivity index is 0.00000121. The molecule has 0 unspecified atom stereocenters. The van der Waals surface area contributed by atoms with Gasteiger partial charge >= 0.3 is 0 Å². The summed E-state index contributed by atoms with van der Waals surface area (Å²) < 4.78 is 5.49. The Kier molecular flexibility index (Phi) is 7.95. The molecule has 1 aliphatic heterocycles. The van der Waals surface area contributed by atoms with Crippen LogP contribution in [0.3, 0.4) is 0 Å². The van der Waals surface area contributed by atoms with Crippen LogP contribution >= 0.6 is 36.2 Å². The number of carbonyl (C=O) groups is 1. The number of amides is 1. The average Bonchev–Trinajstić information content (AvgIpc) is 3.07. The van der Waals surface area contributed by atoms with Crippen LogP contribution in [-0.2, 0) is 11.2 Å². The van der Waals surface area contributed by atoms with Crippen LogP contribution in [0.15, 0.2) is 28.2 Å². The second-order valence-corrected chi connectivity index (χ2v) is 7.75. The van der Waals surface area contributed by atoms with Gasteiger partial charge in [0.15, 0.2) is 0 Å². The highest BCUT2D eigenvalue weighted by Gasteiger charge is 2.26. The fourth-order valence-corrected chi connectivity index (χ4v) is 3.81. The van der Waals surface area contributed by atoms with E-state index >= 15 is 0 Å². The van der Waals surface area contributed by atoms with Crippen LogP contribution in [0.25, 0.3) is 10.8 Å². The van der Waals surface area contributed by atoms with Crippen molar-refractivity contribution in [1.82, 2.24) is 15.2 Å². The standard InChI is InChI=1S/C18H23N3O2S.2ClH/c22-17(10-15-12-23-18(20-15)16-2-1-9-24-16)21-7-5-14(6-8-21)19-11-13-3-4-13;;/h1-2,9,12-14,19H,3-8,10-11H2;2*1H. The Morgan fingerprint density at radius 1 is 1.27 bits per heavy atom. The number of nitrogens with one attached hydrogen (secondary N) is 1. The molecule has 8 heteroatoms. The molecule has 4 rings (SSSR count). The fourth-order valence-electron chi connectivity index (χ4n) is 3.16.